The predicted molar refractivity (Wildman–Crippen MR) is 61.2 cm³/mol. The molecule has 0 spiro atoms. The molecule has 0 saturated carbocycles. The molecule has 1 N–H and O–H groups in total. The van der Waals surface area contributed by atoms with Crippen molar-refractivity contribution in [2.24, 2.45) is 5.41 Å². The summed E-state index contributed by atoms with van der Waals surface area (Å²) >= 11 is 5.43. The zero-order chi connectivity index (χ0) is 11.2. The number of halogens is 1. The summed E-state index contributed by atoms with van der Waals surface area (Å²) in [6.07, 6.45) is 1.45. The van der Waals surface area contributed by atoms with E-state index in [0.29, 0.717) is 18.8 Å². The lowest BCUT2D eigenvalue weighted by molar-refractivity contribution is 0.350. The molecule has 0 aromatic carbocycles. The van der Waals surface area contributed by atoms with Gasteiger partial charge in [0.25, 0.3) is 0 Å². The number of hydrogen-bond donors (Lipinski definition) is 1. The normalized spacial score (nSPS) is 13.1. The molecule has 0 aliphatic rings. The topological polar surface area (TPSA) is 46.2 Å². The summed E-state index contributed by atoms with van der Waals surface area (Å²) in [6, 6.07) is 0. The summed E-state index contributed by atoms with van der Waals surface area (Å²) in [4.78, 5) is 0. The molecule has 0 saturated heterocycles. The number of sulfonamides is 1. The van der Waals surface area contributed by atoms with Crippen molar-refractivity contribution in [3.8, 4) is 0 Å². The third-order valence-electron chi connectivity index (χ3n) is 2.27. The van der Waals surface area contributed by atoms with Gasteiger partial charge in [0.1, 0.15) is 0 Å². The van der Waals surface area contributed by atoms with E-state index >= 15 is 0 Å². The molecule has 5 heteroatoms. The molecule has 14 heavy (non-hydrogen) atoms. The van der Waals surface area contributed by atoms with Gasteiger partial charge in [0, 0.05) is 12.4 Å². The summed E-state index contributed by atoms with van der Waals surface area (Å²) in [5.41, 5.74) is 0.0219. The fraction of sp³-hybridized carbons (Fsp3) is 1.00. The predicted octanol–water partition coefficient (Wildman–Crippen LogP) is 1.97. The molecule has 0 amide bonds. The van der Waals surface area contributed by atoms with Crippen LogP contribution >= 0.6 is 11.6 Å². The number of rotatable bonds is 7. The van der Waals surface area contributed by atoms with Gasteiger partial charge in [-0.25, -0.2) is 13.1 Å². The number of alkyl halides is 1. The van der Waals surface area contributed by atoms with Crippen molar-refractivity contribution in [2.75, 3.05) is 18.2 Å². The first-order chi connectivity index (χ1) is 6.33. The first kappa shape index (κ1) is 14.2. The van der Waals surface area contributed by atoms with E-state index in [2.05, 4.69) is 4.72 Å². The summed E-state index contributed by atoms with van der Waals surface area (Å²) < 4.78 is 25.4. The average Bonchev–Trinajstić information content (AvgIpc) is 2.12. The fourth-order valence-corrected chi connectivity index (χ4v) is 2.32. The quantitative estimate of drug-likeness (QED) is 0.693. The molecule has 0 heterocycles. The van der Waals surface area contributed by atoms with Crippen LogP contribution in [0.5, 0.6) is 0 Å². The van der Waals surface area contributed by atoms with E-state index in [1.165, 1.54) is 0 Å². The largest absolute Gasteiger partial charge is 0.215 e. The van der Waals surface area contributed by atoms with Crippen LogP contribution in [0.4, 0.5) is 0 Å². The molecule has 0 rings (SSSR count). The van der Waals surface area contributed by atoms with Crippen LogP contribution in [0.2, 0.25) is 0 Å². The maximum absolute atomic E-state index is 11.4. The monoisotopic (exact) mass is 241 g/mol. The van der Waals surface area contributed by atoms with Gasteiger partial charge in [-0.3, -0.25) is 0 Å². The number of hydrogen-bond acceptors (Lipinski definition) is 2. The Kier molecular flexibility index (Phi) is 6.02. The second-order valence-corrected chi connectivity index (χ2v) is 6.50. The minimum atomic E-state index is -3.12. The van der Waals surface area contributed by atoms with Crippen LogP contribution in [-0.4, -0.2) is 26.6 Å². The lowest BCUT2D eigenvalue weighted by Gasteiger charge is -2.22. The third kappa shape index (κ3) is 6.62. The number of nitrogens with one attached hydrogen (secondary N) is 1. The molecule has 0 bridgehead atoms. The van der Waals surface area contributed by atoms with Crippen LogP contribution in [0, 0.1) is 5.41 Å². The van der Waals surface area contributed by atoms with Crippen molar-refractivity contribution in [3.63, 3.8) is 0 Å². The van der Waals surface area contributed by atoms with Gasteiger partial charge in [-0.05, 0) is 18.3 Å². The van der Waals surface area contributed by atoms with Crippen LogP contribution in [0.3, 0.4) is 0 Å². The Balaban J connectivity index is 4.00. The van der Waals surface area contributed by atoms with Crippen molar-refractivity contribution in [3.05, 3.63) is 0 Å². The van der Waals surface area contributed by atoms with Gasteiger partial charge in [-0.1, -0.05) is 20.8 Å². The minimum Gasteiger partial charge on any atom is -0.215 e. The Labute approximate surface area is 92.3 Å². The maximum Gasteiger partial charge on any atom is 0.211 e. The van der Waals surface area contributed by atoms with Crippen molar-refractivity contribution in [1.29, 1.82) is 0 Å². The van der Waals surface area contributed by atoms with Crippen molar-refractivity contribution in [1.82, 2.24) is 4.72 Å². The van der Waals surface area contributed by atoms with Crippen molar-refractivity contribution < 1.29 is 8.42 Å². The Morgan fingerprint density at radius 3 is 2.36 bits per heavy atom. The molecule has 0 radical (unpaired) electrons. The van der Waals surface area contributed by atoms with Crippen LogP contribution in [0.15, 0.2) is 0 Å². The molecule has 0 aliphatic carbocycles. The van der Waals surface area contributed by atoms with E-state index in [1.54, 1.807) is 0 Å². The van der Waals surface area contributed by atoms with Crippen molar-refractivity contribution in [2.45, 2.75) is 33.6 Å². The van der Waals surface area contributed by atoms with Gasteiger partial charge in [-0.15, -0.1) is 11.6 Å². The Morgan fingerprint density at radius 1 is 1.36 bits per heavy atom. The smallest absolute Gasteiger partial charge is 0.211 e. The molecule has 0 unspecified atom stereocenters. The van der Waals surface area contributed by atoms with E-state index in [4.69, 9.17) is 11.6 Å². The summed E-state index contributed by atoms with van der Waals surface area (Å²) in [7, 11) is -3.12. The first-order valence-corrected chi connectivity index (χ1v) is 7.05. The molecule has 0 atom stereocenters. The zero-order valence-corrected chi connectivity index (χ0v) is 10.7. The molecular formula is C9H20ClNO2S. The first-order valence-electron chi connectivity index (χ1n) is 4.86. The van der Waals surface area contributed by atoms with Gasteiger partial charge in [0.15, 0.2) is 0 Å². The van der Waals surface area contributed by atoms with Crippen LogP contribution in [0.1, 0.15) is 33.6 Å². The van der Waals surface area contributed by atoms with Crippen LogP contribution < -0.4 is 4.72 Å². The minimum absolute atomic E-state index is 0.0219. The molecule has 86 valence electrons. The van der Waals surface area contributed by atoms with Crippen LogP contribution in [-0.2, 0) is 10.0 Å². The highest BCUT2D eigenvalue weighted by molar-refractivity contribution is 7.89. The second-order valence-electron chi connectivity index (χ2n) is 4.20. The summed E-state index contributed by atoms with van der Waals surface area (Å²) in [5, 5.41) is 0. The molecule has 0 aromatic heterocycles. The molecular weight excluding hydrogens is 222 g/mol. The molecule has 0 aliphatic heterocycles. The molecule has 3 nitrogen and oxygen atoms in total. The highest BCUT2D eigenvalue weighted by atomic mass is 35.5. The lowest BCUT2D eigenvalue weighted by atomic mass is 9.91. The average molecular weight is 242 g/mol. The van der Waals surface area contributed by atoms with E-state index < -0.39 is 10.0 Å². The maximum atomic E-state index is 11.4. The van der Waals surface area contributed by atoms with E-state index in [0.717, 1.165) is 6.42 Å². The summed E-state index contributed by atoms with van der Waals surface area (Å²) in [5.74, 6) is 0.508. The molecule has 0 aromatic rings. The highest BCUT2D eigenvalue weighted by Crippen LogP contribution is 2.18. The van der Waals surface area contributed by atoms with Gasteiger partial charge < -0.3 is 0 Å². The Hall–Kier alpha value is 0.200. The zero-order valence-electron chi connectivity index (χ0n) is 9.14. The third-order valence-corrected chi connectivity index (χ3v) is 3.95. The standard InChI is InChI=1S/C9H20ClNO2S/c1-4-9(2,3)8-11-14(12,13)7-5-6-10/h11H,4-8H2,1-3H3. The molecule has 0 fully saturated rings. The lowest BCUT2D eigenvalue weighted by Crippen LogP contribution is -2.35. The Morgan fingerprint density at radius 2 is 1.93 bits per heavy atom. The van der Waals surface area contributed by atoms with Gasteiger partial charge in [0.05, 0.1) is 5.75 Å². The van der Waals surface area contributed by atoms with E-state index in [1.807, 2.05) is 20.8 Å². The summed E-state index contributed by atoms with van der Waals surface area (Å²) in [6.45, 7) is 6.62. The fourth-order valence-electron chi connectivity index (χ4n) is 0.747. The van der Waals surface area contributed by atoms with Crippen LogP contribution in [0.25, 0.3) is 0 Å². The van der Waals surface area contributed by atoms with Gasteiger partial charge in [-0.2, -0.15) is 0 Å². The SMILES string of the molecule is CCC(C)(C)CNS(=O)(=O)CCCCl. The Bertz CT molecular complexity index is 250. The van der Waals surface area contributed by atoms with Gasteiger partial charge >= 0.3 is 0 Å². The second kappa shape index (κ2) is 5.93. The van der Waals surface area contributed by atoms with Crippen molar-refractivity contribution >= 4 is 21.6 Å². The van der Waals surface area contributed by atoms with E-state index in [-0.39, 0.29) is 11.2 Å². The highest BCUT2D eigenvalue weighted by Gasteiger charge is 2.18. The van der Waals surface area contributed by atoms with Gasteiger partial charge in [0.2, 0.25) is 10.0 Å². The van der Waals surface area contributed by atoms with E-state index in [9.17, 15) is 8.42 Å².